The lowest BCUT2D eigenvalue weighted by Crippen LogP contribution is -2.47. The third-order valence-corrected chi connectivity index (χ3v) is 5.24. The Morgan fingerprint density at radius 1 is 1.22 bits per heavy atom. The van der Waals surface area contributed by atoms with Crippen LogP contribution in [0.25, 0.3) is 0 Å². The Bertz CT molecular complexity index is 828. The molecule has 1 saturated heterocycles. The van der Waals surface area contributed by atoms with Gasteiger partial charge in [0.1, 0.15) is 11.3 Å². The molecule has 1 fully saturated rings. The van der Waals surface area contributed by atoms with Gasteiger partial charge in [-0.3, -0.25) is 4.79 Å². The summed E-state index contributed by atoms with van der Waals surface area (Å²) in [5, 5.41) is 9.54. The molecule has 1 aliphatic rings. The van der Waals surface area contributed by atoms with Crippen LogP contribution in [-0.2, 0) is 12.8 Å². The van der Waals surface area contributed by atoms with Crippen molar-refractivity contribution in [3.63, 3.8) is 0 Å². The molecule has 1 N–H and O–H groups in total. The topological polar surface area (TPSA) is 70.8 Å². The van der Waals surface area contributed by atoms with E-state index < -0.39 is 5.63 Å². The predicted octanol–water partition coefficient (Wildman–Crippen LogP) is 3.11. The van der Waals surface area contributed by atoms with Crippen molar-refractivity contribution in [1.82, 2.24) is 4.90 Å². The fraction of sp³-hybridized carbons (Fsp3) is 0.455. The highest BCUT2D eigenvalue weighted by atomic mass is 16.4. The first-order valence-electron chi connectivity index (χ1n) is 9.69. The van der Waals surface area contributed by atoms with Gasteiger partial charge in [0.25, 0.3) is 5.91 Å². The molecule has 144 valence electrons. The molecule has 27 heavy (non-hydrogen) atoms. The van der Waals surface area contributed by atoms with Crippen molar-refractivity contribution in [2.45, 2.75) is 51.5 Å². The molecule has 3 rings (SSSR count). The van der Waals surface area contributed by atoms with Crippen LogP contribution < -0.4 is 5.63 Å². The van der Waals surface area contributed by atoms with Crippen molar-refractivity contribution >= 4 is 5.91 Å². The number of aliphatic hydroxyl groups excluding tert-OH is 1. The predicted molar refractivity (Wildman–Crippen MR) is 104 cm³/mol. The highest BCUT2D eigenvalue weighted by molar-refractivity contribution is 5.95. The van der Waals surface area contributed by atoms with Crippen molar-refractivity contribution in [3.8, 4) is 0 Å². The summed E-state index contributed by atoms with van der Waals surface area (Å²) in [6, 6.07) is 11.8. The maximum atomic E-state index is 12.9. The second kappa shape index (κ2) is 9.00. The molecule has 2 heterocycles. The summed E-state index contributed by atoms with van der Waals surface area (Å²) in [4.78, 5) is 27.0. The van der Waals surface area contributed by atoms with Gasteiger partial charge < -0.3 is 14.4 Å². The van der Waals surface area contributed by atoms with E-state index in [9.17, 15) is 14.7 Å². The number of aliphatic hydroxyl groups is 1. The molecule has 0 aliphatic carbocycles. The Morgan fingerprint density at radius 2 is 2.00 bits per heavy atom. The second-order valence-electron chi connectivity index (χ2n) is 7.23. The molecule has 1 aromatic carbocycles. The van der Waals surface area contributed by atoms with Gasteiger partial charge in [0.05, 0.1) is 12.6 Å². The van der Waals surface area contributed by atoms with Crippen LogP contribution in [0.1, 0.15) is 52.9 Å². The number of likely N-dealkylation sites (tertiary alicyclic amines) is 1. The minimum Gasteiger partial charge on any atom is -0.427 e. The van der Waals surface area contributed by atoms with E-state index in [4.69, 9.17) is 4.42 Å². The maximum Gasteiger partial charge on any atom is 0.349 e. The smallest absolute Gasteiger partial charge is 0.349 e. The molecule has 2 aromatic rings. The molecule has 1 amide bonds. The molecule has 0 bridgehead atoms. The van der Waals surface area contributed by atoms with Crippen LogP contribution >= 0.6 is 0 Å². The van der Waals surface area contributed by atoms with E-state index in [0.29, 0.717) is 24.3 Å². The SMILES string of the molecule is Cc1cc(CCCc2ccccc2)oc(=O)c1C(=O)N1CCCCC1CO. The highest BCUT2D eigenvalue weighted by Gasteiger charge is 2.30. The van der Waals surface area contributed by atoms with E-state index in [-0.39, 0.29) is 24.1 Å². The number of hydrogen-bond acceptors (Lipinski definition) is 4. The average Bonchev–Trinajstić information content (AvgIpc) is 2.68. The van der Waals surface area contributed by atoms with Gasteiger partial charge in [0.15, 0.2) is 0 Å². The van der Waals surface area contributed by atoms with Gasteiger partial charge in [0, 0.05) is 13.0 Å². The molecule has 5 heteroatoms. The Morgan fingerprint density at radius 3 is 2.70 bits per heavy atom. The van der Waals surface area contributed by atoms with Crippen LogP contribution in [0, 0.1) is 6.92 Å². The van der Waals surface area contributed by atoms with Crippen LogP contribution in [0.5, 0.6) is 0 Å². The lowest BCUT2D eigenvalue weighted by molar-refractivity contribution is 0.0497. The number of hydrogen-bond donors (Lipinski definition) is 1. The monoisotopic (exact) mass is 369 g/mol. The van der Waals surface area contributed by atoms with Gasteiger partial charge >= 0.3 is 5.63 Å². The third-order valence-electron chi connectivity index (χ3n) is 5.24. The summed E-state index contributed by atoms with van der Waals surface area (Å²) in [6.45, 7) is 2.28. The zero-order valence-electron chi connectivity index (χ0n) is 15.8. The van der Waals surface area contributed by atoms with Gasteiger partial charge in [-0.05, 0) is 56.2 Å². The molecule has 0 saturated carbocycles. The standard InChI is InChI=1S/C22H27NO4/c1-16-14-19(12-7-10-17-8-3-2-4-9-17)27-22(26)20(16)21(25)23-13-6-5-11-18(23)15-24/h2-4,8-9,14,18,24H,5-7,10-13,15H2,1H3. The number of carbonyl (C=O) groups excluding carboxylic acids is 1. The van der Waals surface area contributed by atoms with Gasteiger partial charge in [-0.15, -0.1) is 0 Å². The van der Waals surface area contributed by atoms with Gasteiger partial charge in [-0.25, -0.2) is 4.79 Å². The minimum absolute atomic E-state index is 0.0757. The normalized spacial score (nSPS) is 17.1. The zero-order chi connectivity index (χ0) is 19.2. The lowest BCUT2D eigenvalue weighted by atomic mass is 10.0. The summed E-state index contributed by atoms with van der Waals surface area (Å²) in [7, 11) is 0. The lowest BCUT2D eigenvalue weighted by Gasteiger charge is -2.34. The molecule has 0 radical (unpaired) electrons. The van der Waals surface area contributed by atoms with Crippen molar-refractivity contribution < 1.29 is 14.3 Å². The highest BCUT2D eigenvalue weighted by Crippen LogP contribution is 2.20. The van der Waals surface area contributed by atoms with E-state index in [1.165, 1.54) is 5.56 Å². The number of nitrogens with zero attached hydrogens (tertiary/aromatic N) is 1. The van der Waals surface area contributed by atoms with E-state index >= 15 is 0 Å². The number of carbonyl (C=O) groups is 1. The Hall–Kier alpha value is -2.40. The summed E-state index contributed by atoms with van der Waals surface area (Å²) >= 11 is 0. The summed E-state index contributed by atoms with van der Waals surface area (Å²) < 4.78 is 5.44. The van der Waals surface area contributed by atoms with E-state index in [1.807, 2.05) is 18.2 Å². The van der Waals surface area contributed by atoms with Gasteiger partial charge in [0.2, 0.25) is 0 Å². The van der Waals surface area contributed by atoms with E-state index in [2.05, 4.69) is 12.1 Å². The number of amides is 1. The number of rotatable bonds is 6. The van der Waals surface area contributed by atoms with Crippen molar-refractivity contribution in [2.24, 2.45) is 0 Å². The quantitative estimate of drug-likeness (QED) is 0.849. The molecule has 1 atom stereocenters. The zero-order valence-corrected chi connectivity index (χ0v) is 15.8. The number of piperidine rings is 1. The third kappa shape index (κ3) is 4.66. The second-order valence-corrected chi connectivity index (χ2v) is 7.23. The summed E-state index contributed by atoms with van der Waals surface area (Å²) in [5.74, 6) is 0.290. The molecular weight excluding hydrogens is 342 g/mol. The van der Waals surface area contributed by atoms with Crippen LogP contribution in [-0.4, -0.2) is 35.1 Å². The number of benzene rings is 1. The van der Waals surface area contributed by atoms with Gasteiger partial charge in [-0.1, -0.05) is 30.3 Å². The Kier molecular flexibility index (Phi) is 6.45. The Labute approximate surface area is 159 Å². The molecule has 1 aromatic heterocycles. The molecule has 5 nitrogen and oxygen atoms in total. The van der Waals surface area contributed by atoms with Crippen LogP contribution in [0.3, 0.4) is 0 Å². The summed E-state index contributed by atoms with van der Waals surface area (Å²) in [6.07, 6.45) is 5.09. The van der Waals surface area contributed by atoms with E-state index in [0.717, 1.165) is 32.1 Å². The average molecular weight is 369 g/mol. The van der Waals surface area contributed by atoms with Crippen molar-refractivity contribution in [1.29, 1.82) is 0 Å². The van der Waals surface area contributed by atoms with Gasteiger partial charge in [-0.2, -0.15) is 0 Å². The van der Waals surface area contributed by atoms with Crippen LogP contribution in [0.4, 0.5) is 0 Å². The molecular formula is C22H27NO4. The van der Waals surface area contributed by atoms with Crippen molar-refractivity contribution in [3.05, 3.63) is 69.3 Å². The Balaban J connectivity index is 1.70. The van der Waals surface area contributed by atoms with E-state index in [1.54, 1.807) is 17.9 Å². The fourth-order valence-corrected chi connectivity index (χ4v) is 3.77. The first-order valence-corrected chi connectivity index (χ1v) is 9.69. The largest absolute Gasteiger partial charge is 0.427 e. The first-order chi connectivity index (χ1) is 13.1. The molecule has 0 spiro atoms. The fourth-order valence-electron chi connectivity index (χ4n) is 3.77. The molecule has 1 unspecified atom stereocenters. The number of aryl methyl sites for hydroxylation is 3. The van der Waals surface area contributed by atoms with Crippen LogP contribution in [0.2, 0.25) is 0 Å². The minimum atomic E-state index is -0.572. The molecule has 1 aliphatic heterocycles. The summed E-state index contributed by atoms with van der Waals surface area (Å²) in [5.41, 5.74) is 1.43. The maximum absolute atomic E-state index is 12.9. The first kappa shape index (κ1) is 19.4. The van der Waals surface area contributed by atoms with Crippen LogP contribution in [0.15, 0.2) is 45.6 Å². The van der Waals surface area contributed by atoms with Crippen molar-refractivity contribution in [2.75, 3.05) is 13.2 Å².